The van der Waals surface area contributed by atoms with E-state index in [0.717, 1.165) is 10.4 Å². The van der Waals surface area contributed by atoms with Gasteiger partial charge in [-0.15, -0.1) is 11.3 Å². The fourth-order valence-electron chi connectivity index (χ4n) is 1.87. The number of thiophene rings is 1. The molecule has 0 saturated heterocycles. The molecule has 1 atom stereocenters. The molecule has 0 saturated carbocycles. The third-order valence-electron chi connectivity index (χ3n) is 2.82. The lowest BCUT2D eigenvalue weighted by Crippen LogP contribution is -2.35. The Morgan fingerprint density at radius 2 is 2.43 bits per heavy atom. The zero-order valence-electron chi connectivity index (χ0n) is 12.0. The number of amides is 1. The molecule has 0 bridgehead atoms. The molecule has 0 fully saturated rings. The third kappa shape index (κ3) is 4.18. The number of aromatic nitrogens is 2. The van der Waals surface area contributed by atoms with Gasteiger partial charge in [0.2, 0.25) is 0 Å². The number of aryl methyl sites for hydroxylation is 1. The van der Waals surface area contributed by atoms with Gasteiger partial charge in [0.15, 0.2) is 0 Å². The van der Waals surface area contributed by atoms with Crippen LogP contribution in [0, 0.1) is 18.8 Å². The van der Waals surface area contributed by atoms with Crippen molar-refractivity contribution in [2.45, 2.75) is 26.4 Å². The number of nitrogens with one attached hydrogen (secondary N) is 1. The number of nitrogens with zero attached hydrogens (tertiary/aromatic N) is 2. The van der Waals surface area contributed by atoms with Crippen molar-refractivity contribution in [3.8, 4) is 11.8 Å². The molecule has 2 rings (SSSR count). The first-order valence-corrected chi connectivity index (χ1v) is 7.40. The van der Waals surface area contributed by atoms with Crippen LogP contribution >= 0.6 is 11.3 Å². The molecule has 2 aromatic heterocycles. The van der Waals surface area contributed by atoms with Gasteiger partial charge in [-0.25, -0.2) is 0 Å². The van der Waals surface area contributed by atoms with E-state index in [1.807, 2.05) is 32.2 Å². The molecule has 0 aliphatic carbocycles. The maximum absolute atomic E-state index is 12.2. The minimum absolute atomic E-state index is 0.0215. The first kappa shape index (κ1) is 15.3. The van der Waals surface area contributed by atoms with E-state index < -0.39 is 0 Å². The first-order valence-electron chi connectivity index (χ1n) is 6.58. The van der Waals surface area contributed by atoms with Gasteiger partial charge in [-0.05, 0) is 31.5 Å². The predicted molar refractivity (Wildman–Crippen MR) is 82.2 cm³/mol. The summed E-state index contributed by atoms with van der Waals surface area (Å²) in [4.78, 5) is 13.6. The highest BCUT2D eigenvalue weighted by Crippen LogP contribution is 2.20. The first-order chi connectivity index (χ1) is 10.1. The molecule has 1 amide bonds. The lowest BCUT2D eigenvalue weighted by Gasteiger charge is -2.13. The summed E-state index contributed by atoms with van der Waals surface area (Å²) in [7, 11) is 0. The zero-order chi connectivity index (χ0) is 15.2. The van der Waals surface area contributed by atoms with Crippen LogP contribution in [0.25, 0.3) is 0 Å². The van der Waals surface area contributed by atoms with Crippen molar-refractivity contribution in [2.24, 2.45) is 0 Å². The summed E-state index contributed by atoms with van der Waals surface area (Å²) < 4.78 is 1.78. The minimum Gasteiger partial charge on any atom is -0.384 e. The Labute approximate surface area is 127 Å². The highest BCUT2D eigenvalue weighted by atomic mass is 32.1. The van der Waals surface area contributed by atoms with Crippen LogP contribution in [0.3, 0.4) is 0 Å². The lowest BCUT2D eigenvalue weighted by molar-refractivity contribution is 0.0940. The van der Waals surface area contributed by atoms with E-state index in [4.69, 9.17) is 5.11 Å². The number of hydrogen-bond acceptors (Lipinski definition) is 4. The second kappa shape index (κ2) is 7.07. The average Bonchev–Trinajstić information content (AvgIpc) is 3.06. The number of carbonyl (C=O) groups excluding carboxylic acids is 1. The molecule has 5 nitrogen and oxygen atoms in total. The molecule has 2 N–H and O–H groups in total. The van der Waals surface area contributed by atoms with Gasteiger partial charge in [-0.3, -0.25) is 9.48 Å². The van der Waals surface area contributed by atoms with Gasteiger partial charge in [-0.2, -0.15) is 5.10 Å². The van der Waals surface area contributed by atoms with Gasteiger partial charge >= 0.3 is 0 Å². The van der Waals surface area contributed by atoms with E-state index in [1.165, 1.54) is 11.3 Å². The van der Waals surface area contributed by atoms with Crippen molar-refractivity contribution in [1.29, 1.82) is 0 Å². The molecule has 0 radical (unpaired) electrons. The van der Waals surface area contributed by atoms with Crippen LogP contribution in [0.4, 0.5) is 0 Å². The van der Waals surface area contributed by atoms with Crippen LogP contribution < -0.4 is 5.32 Å². The fraction of sp³-hybridized carbons (Fsp3) is 0.333. The molecule has 21 heavy (non-hydrogen) atoms. The lowest BCUT2D eigenvalue weighted by atomic mass is 10.2. The standard InChI is InChI=1S/C15H17N3O2S/c1-11-9-14(21-13(11)5-3-8-19)15(20)17-12(2)10-18-7-4-6-16-18/h4,6-7,9,12,19H,8,10H2,1-2H3,(H,17,20). The molecule has 110 valence electrons. The molecule has 2 heterocycles. The van der Waals surface area contributed by atoms with E-state index in [0.29, 0.717) is 11.4 Å². The second-order valence-corrected chi connectivity index (χ2v) is 5.74. The summed E-state index contributed by atoms with van der Waals surface area (Å²) in [6.07, 6.45) is 3.57. The van der Waals surface area contributed by atoms with Crippen LogP contribution in [0.2, 0.25) is 0 Å². The van der Waals surface area contributed by atoms with Gasteiger partial charge in [0.1, 0.15) is 6.61 Å². The molecule has 2 aromatic rings. The molecule has 6 heteroatoms. The summed E-state index contributed by atoms with van der Waals surface area (Å²) in [6, 6.07) is 3.65. The van der Waals surface area contributed by atoms with E-state index in [1.54, 1.807) is 10.9 Å². The SMILES string of the molecule is Cc1cc(C(=O)NC(C)Cn2cccn2)sc1C#CCO. The Morgan fingerprint density at radius 1 is 1.62 bits per heavy atom. The summed E-state index contributed by atoms with van der Waals surface area (Å²) in [5, 5.41) is 15.8. The van der Waals surface area contributed by atoms with Gasteiger partial charge in [0.05, 0.1) is 16.3 Å². The summed E-state index contributed by atoms with van der Waals surface area (Å²) in [5.74, 6) is 5.34. The molecular weight excluding hydrogens is 286 g/mol. The highest BCUT2D eigenvalue weighted by molar-refractivity contribution is 7.14. The van der Waals surface area contributed by atoms with Crippen molar-refractivity contribution in [2.75, 3.05) is 6.61 Å². The van der Waals surface area contributed by atoms with Crippen LogP contribution in [0.15, 0.2) is 24.5 Å². The van der Waals surface area contributed by atoms with E-state index in [-0.39, 0.29) is 18.6 Å². The van der Waals surface area contributed by atoms with Gasteiger partial charge < -0.3 is 10.4 Å². The number of carbonyl (C=O) groups is 1. The summed E-state index contributed by atoms with van der Waals surface area (Å²) in [6.45, 7) is 4.29. The molecule has 0 aliphatic heterocycles. The number of aliphatic hydroxyl groups is 1. The summed E-state index contributed by atoms with van der Waals surface area (Å²) in [5.41, 5.74) is 0.950. The van der Waals surface area contributed by atoms with E-state index in [9.17, 15) is 4.79 Å². The van der Waals surface area contributed by atoms with Crippen LogP contribution in [0.1, 0.15) is 27.0 Å². The molecule has 0 spiro atoms. The normalized spacial score (nSPS) is 11.6. The minimum atomic E-state index is -0.181. The largest absolute Gasteiger partial charge is 0.384 e. The predicted octanol–water partition coefficient (Wildman–Crippen LogP) is 1.42. The Kier molecular flexibility index (Phi) is 5.14. The number of aliphatic hydroxyl groups excluding tert-OH is 1. The Balaban J connectivity index is 2.00. The van der Waals surface area contributed by atoms with Gasteiger partial charge in [0.25, 0.3) is 5.91 Å². The van der Waals surface area contributed by atoms with Gasteiger partial charge in [-0.1, -0.05) is 11.8 Å². The average molecular weight is 303 g/mol. The van der Waals surface area contributed by atoms with Crippen LogP contribution in [0.5, 0.6) is 0 Å². The van der Waals surface area contributed by atoms with Crippen LogP contribution in [-0.4, -0.2) is 33.4 Å². The van der Waals surface area contributed by atoms with E-state index in [2.05, 4.69) is 22.3 Å². The summed E-state index contributed by atoms with van der Waals surface area (Å²) >= 11 is 1.34. The number of hydrogen-bond donors (Lipinski definition) is 2. The highest BCUT2D eigenvalue weighted by Gasteiger charge is 2.14. The molecular formula is C15H17N3O2S. The Morgan fingerprint density at radius 3 is 3.10 bits per heavy atom. The van der Waals surface area contributed by atoms with Crippen molar-refractivity contribution < 1.29 is 9.90 Å². The van der Waals surface area contributed by atoms with Crippen LogP contribution in [-0.2, 0) is 6.54 Å². The fourth-order valence-corrected chi connectivity index (χ4v) is 2.82. The molecule has 0 aliphatic rings. The second-order valence-electron chi connectivity index (χ2n) is 4.69. The van der Waals surface area contributed by atoms with Crippen molar-refractivity contribution in [3.05, 3.63) is 39.8 Å². The monoisotopic (exact) mass is 303 g/mol. The van der Waals surface area contributed by atoms with Crippen molar-refractivity contribution in [3.63, 3.8) is 0 Å². The molecule has 1 unspecified atom stereocenters. The third-order valence-corrected chi connectivity index (χ3v) is 3.97. The van der Waals surface area contributed by atoms with Gasteiger partial charge in [0, 0.05) is 18.4 Å². The van der Waals surface area contributed by atoms with Crippen molar-refractivity contribution >= 4 is 17.2 Å². The van der Waals surface area contributed by atoms with E-state index >= 15 is 0 Å². The quantitative estimate of drug-likeness (QED) is 0.839. The molecule has 0 aromatic carbocycles. The maximum Gasteiger partial charge on any atom is 0.261 e. The maximum atomic E-state index is 12.2. The topological polar surface area (TPSA) is 67.2 Å². The zero-order valence-corrected chi connectivity index (χ0v) is 12.8. The van der Waals surface area contributed by atoms with Crippen molar-refractivity contribution in [1.82, 2.24) is 15.1 Å². The smallest absolute Gasteiger partial charge is 0.261 e. The number of rotatable bonds is 4. The Bertz CT molecular complexity index is 665. The Hall–Kier alpha value is -2.10.